The Morgan fingerprint density at radius 1 is 1.00 bits per heavy atom. The van der Waals surface area contributed by atoms with Crippen molar-refractivity contribution in [2.45, 2.75) is 12.6 Å². The summed E-state index contributed by atoms with van der Waals surface area (Å²) < 4.78 is 26.7. The molecule has 170 valence electrons. The molecule has 6 rings (SSSR count). The van der Waals surface area contributed by atoms with Gasteiger partial charge in [-0.25, -0.2) is 8.78 Å². The van der Waals surface area contributed by atoms with Crippen LogP contribution < -0.4 is 0 Å². The van der Waals surface area contributed by atoms with Gasteiger partial charge >= 0.3 is 20.1 Å². The van der Waals surface area contributed by atoms with E-state index in [1.54, 1.807) is 12.3 Å². The van der Waals surface area contributed by atoms with Gasteiger partial charge in [0.1, 0.15) is 0 Å². The predicted molar refractivity (Wildman–Crippen MR) is 125 cm³/mol. The maximum Gasteiger partial charge on any atom is 3.00 e. The summed E-state index contributed by atoms with van der Waals surface area (Å²) in [6.07, 6.45) is 6.88. The molecule has 34 heavy (non-hydrogen) atoms. The van der Waals surface area contributed by atoms with E-state index < -0.39 is 11.6 Å². The molecule has 3 nitrogen and oxygen atoms in total. The van der Waals surface area contributed by atoms with E-state index in [1.807, 2.05) is 48.7 Å². The van der Waals surface area contributed by atoms with Gasteiger partial charge < -0.3 is 15.2 Å². The monoisotopic (exact) mass is 629 g/mol. The van der Waals surface area contributed by atoms with Crippen molar-refractivity contribution in [1.82, 2.24) is 9.88 Å². The third kappa shape index (κ3) is 5.09. The number of rotatable bonds is 2. The molecular formula is C28H20F2IrN3. The second-order valence-electron chi connectivity index (χ2n) is 7.74. The van der Waals surface area contributed by atoms with Gasteiger partial charge in [-0.2, -0.15) is 41.6 Å². The topological polar surface area (TPSA) is 30.2 Å². The molecule has 1 unspecified atom stereocenters. The molecule has 0 fully saturated rings. The molecule has 0 radical (unpaired) electrons. The number of hydrogen-bond donors (Lipinski definition) is 0. The van der Waals surface area contributed by atoms with Crippen LogP contribution in [0.4, 0.5) is 8.78 Å². The SMILES string of the molecule is Fc1[c-]c(-c2ncccc2-c2ccccc2)cc(F)c1.[Ir+3].[c-]1cccc2c1C1[N-]C=CN1CC2. The van der Waals surface area contributed by atoms with E-state index in [2.05, 4.69) is 45.7 Å². The molecule has 3 heterocycles. The van der Waals surface area contributed by atoms with E-state index in [4.69, 9.17) is 0 Å². The fourth-order valence-electron chi connectivity index (χ4n) is 4.10. The fourth-order valence-corrected chi connectivity index (χ4v) is 4.10. The minimum atomic E-state index is -0.732. The van der Waals surface area contributed by atoms with E-state index in [-0.39, 0.29) is 26.3 Å². The van der Waals surface area contributed by atoms with Crippen molar-refractivity contribution in [2.75, 3.05) is 6.54 Å². The van der Waals surface area contributed by atoms with Gasteiger partial charge in [0.25, 0.3) is 0 Å². The van der Waals surface area contributed by atoms with Crippen molar-refractivity contribution < 1.29 is 28.9 Å². The van der Waals surface area contributed by atoms with Gasteiger partial charge in [-0.1, -0.05) is 48.9 Å². The van der Waals surface area contributed by atoms with Crippen molar-refractivity contribution in [3.63, 3.8) is 0 Å². The van der Waals surface area contributed by atoms with Crippen LogP contribution in [0.1, 0.15) is 17.3 Å². The van der Waals surface area contributed by atoms with Gasteiger partial charge in [-0.05, 0) is 35.3 Å². The maximum absolute atomic E-state index is 13.4. The average Bonchev–Trinajstić information content (AvgIpc) is 3.34. The molecular weight excluding hydrogens is 609 g/mol. The smallest absolute Gasteiger partial charge is 0.668 e. The number of fused-ring (bicyclic) bond motifs is 3. The van der Waals surface area contributed by atoms with E-state index >= 15 is 0 Å². The van der Waals surface area contributed by atoms with Crippen molar-refractivity contribution >= 4 is 0 Å². The van der Waals surface area contributed by atoms with Crippen LogP contribution in [-0.4, -0.2) is 16.4 Å². The van der Waals surface area contributed by atoms with Crippen LogP contribution in [0.2, 0.25) is 0 Å². The zero-order valence-corrected chi connectivity index (χ0v) is 20.5. The molecule has 0 spiro atoms. The minimum Gasteiger partial charge on any atom is -0.668 e. The third-order valence-corrected chi connectivity index (χ3v) is 5.62. The van der Waals surface area contributed by atoms with Crippen LogP contribution in [0.3, 0.4) is 0 Å². The van der Waals surface area contributed by atoms with Gasteiger partial charge in [0.15, 0.2) is 0 Å². The predicted octanol–water partition coefficient (Wildman–Crippen LogP) is 6.69. The number of nitrogens with zero attached hydrogens (tertiary/aromatic N) is 3. The van der Waals surface area contributed by atoms with Crippen molar-refractivity contribution in [2.24, 2.45) is 0 Å². The summed E-state index contributed by atoms with van der Waals surface area (Å²) in [6, 6.07) is 27.3. The van der Waals surface area contributed by atoms with E-state index in [9.17, 15) is 8.78 Å². The molecule has 0 saturated heterocycles. The second kappa shape index (κ2) is 10.7. The molecule has 2 aliphatic rings. The minimum absolute atomic E-state index is 0. The Bertz CT molecular complexity index is 1270. The Morgan fingerprint density at radius 2 is 1.85 bits per heavy atom. The first-order valence-corrected chi connectivity index (χ1v) is 10.7. The second-order valence-corrected chi connectivity index (χ2v) is 7.74. The van der Waals surface area contributed by atoms with Gasteiger partial charge in [0, 0.05) is 24.4 Å². The summed E-state index contributed by atoms with van der Waals surface area (Å²) in [7, 11) is 0. The first kappa shape index (κ1) is 23.8. The van der Waals surface area contributed by atoms with E-state index in [0.29, 0.717) is 11.3 Å². The molecule has 0 N–H and O–H groups in total. The maximum atomic E-state index is 13.4. The molecule has 0 amide bonds. The fraction of sp³-hybridized carbons (Fsp3) is 0.107. The molecule has 6 heteroatoms. The van der Waals surface area contributed by atoms with Gasteiger partial charge in [0.2, 0.25) is 0 Å². The number of halogens is 2. The molecule has 3 aromatic carbocycles. The summed E-state index contributed by atoms with van der Waals surface area (Å²) in [5.74, 6) is -1.37. The number of aromatic nitrogens is 1. The van der Waals surface area contributed by atoms with Crippen molar-refractivity contribution in [3.8, 4) is 22.4 Å². The molecule has 0 saturated carbocycles. The first-order valence-electron chi connectivity index (χ1n) is 10.7. The first-order chi connectivity index (χ1) is 16.2. The van der Waals surface area contributed by atoms with Crippen molar-refractivity contribution in [3.05, 3.63) is 132 Å². The summed E-state index contributed by atoms with van der Waals surface area (Å²) in [5.41, 5.74) is 5.22. The molecule has 0 aliphatic carbocycles. The zero-order chi connectivity index (χ0) is 22.6. The van der Waals surface area contributed by atoms with E-state index in [0.717, 1.165) is 30.2 Å². The standard InChI is InChI=1S/C17H10F2N.C11H10N2.Ir/c18-14-9-13(10-15(19)11-14)17-16(7-4-8-20-17)12-5-2-1-3-6-12;1-2-4-10-9(3-1)5-7-13-8-6-12-11(10)13;/h1-9,11H;1-3,6,8,11H,5,7H2;/q-1;-2;+3. The summed E-state index contributed by atoms with van der Waals surface area (Å²) in [5, 5.41) is 4.41. The normalized spacial score (nSPS) is 15.2. The molecule has 1 aromatic heterocycles. The van der Waals surface area contributed by atoms with Crippen LogP contribution in [0.5, 0.6) is 0 Å². The van der Waals surface area contributed by atoms with Gasteiger partial charge in [-0.3, -0.25) is 0 Å². The Labute approximate surface area is 211 Å². The Kier molecular flexibility index (Phi) is 7.51. The molecule has 1 atom stereocenters. The quantitative estimate of drug-likeness (QED) is 0.232. The van der Waals surface area contributed by atoms with Crippen LogP contribution >= 0.6 is 0 Å². The van der Waals surface area contributed by atoms with E-state index in [1.165, 1.54) is 17.2 Å². The van der Waals surface area contributed by atoms with Crippen molar-refractivity contribution in [1.29, 1.82) is 0 Å². The summed E-state index contributed by atoms with van der Waals surface area (Å²) in [4.78, 5) is 6.51. The van der Waals surface area contributed by atoms with Crippen LogP contribution in [0, 0.1) is 23.8 Å². The van der Waals surface area contributed by atoms with Gasteiger partial charge in [0.05, 0.1) is 0 Å². The molecule has 0 bridgehead atoms. The third-order valence-electron chi connectivity index (χ3n) is 5.62. The Hall–Kier alpha value is -3.34. The van der Waals surface area contributed by atoms with Crippen LogP contribution in [0.15, 0.2) is 91.4 Å². The summed E-state index contributed by atoms with van der Waals surface area (Å²) in [6.45, 7) is 1.08. The number of hydrogen-bond acceptors (Lipinski definition) is 2. The zero-order valence-electron chi connectivity index (χ0n) is 18.1. The largest absolute Gasteiger partial charge is 3.00 e. The number of pyridine rings is 1. The number of benzene rings is 3. The van der Waals surface area contributed by atoms with Crippen LogP contribution in [0.25, 0.3) is 27.7 Å². The Balaban J connectivity index is 0.000000169. The summed E-state index contributed by atoms with van der Waals surface area (Å²) >= 11 is 0. The Morgan fingerprint density at radius 3 is 2.68 bits per heavy atom. The van der Waals surface area contributed by atoms with Gasteiger partial charge in [-0.15, -0.1) is 17.7 Å². The molecule has 4 aromatic rings. The van der Waals surface area contributed by atoms with Crippen LogP contribution in [-0.2, 0) is 26.5 Å². The molecule has 2 aliphatic heterocycles. The average molecular weight is 629 g/mol.